The van der Waals surface area contributed by atoms with Crippen molar-refractivity contribution in [3.8, 4) is 0 Å². The van der Waals surface area contributed by atoms with E-state index in [4.69, 9.17) is 11.6 Å². The van der Waals surface area contributed by atoms with Crippen molar-refractivity contribution in [3.63, 3.8) is 0 Å². The summed E-state index contributed by atoms with van der Waals surface area (Å²) in [4.78, 5) is 21.0. The van der Waals surface area contributed by atoms with Crippen molar-refractivity contribution in [1.29, 1.82) is 0 Å². The number of sulfonamides is 1. The zero-order valence-corrected chi connectivity index (χ0v) is 13.8. The van der Waals surface area contributed by atoms with Crippen LogP contribution in [-0.2, 0) is 25.8 Å². The number of hydrogen-bond donors (Lipinski definition) is 3. The number of aromatic nitrogens is 1. The van der Waals surface area contributed by atoms with Crippen molar-refractivity contribution in [3.05, 3.63) is 22.8 Å². The fourth-order valence-corrected chi connectivity index (χ4v) is 1.87. The molecule has 13 heteroatoms. The molecule has 1 rings (SSSR count). The summed E-state index contributed by atoms with van der Waals surface area (Å²) in [6.45, 7) is -0.324. The summed E-state index contributed by atoms with van der Waals surface area (Å²) in [6.07, 6.45) is -3.05. The van der Waals surface area contributed by atoms with Crippen LogP contribution in [-0.4, -0.2) is 45.3 Å². The monoisotopic (exact) mass is 390 g/mol. The quantitative estimate of drug-likeness (QED) is 0.446. The van der Waals surface area contributed by atoms with Crippen LogP contribution in [0.15, 0.2) is 12.3 Å². The number of nitrogens with one attached hydrogen (secondary N) is 3. The van der Waals surface area contributed by atoms with E-state index in [2.05, 4.69) is 20.5 Å². The summed E-state index contributed by atoms with van der Waals surface area (Å²) in [5.41, 5.74) is -0.970. The number of amides is 1. The lowest BCUT2D eigenvalue weighted by molar-refractivity contribution is -0.137. The number of halogens is 4. The van der Waals surface area contributed by atoms with Gasteiger partial charge in [-0.1, -0.05) is 16.5 Å². The van der Waals surface area contributed by atoms with Crippen LogP contribution >= 0.6 is 11.6 Å². The third kappa shape index (κ3) is 7.77. The van der Waals surface area contributed by atoms with Gasteiger partial charge in [0, 0.05) is 19.3 Å². The van der Waals surface area contributed by atoms with Crippen molar-refractivity contribution in [2.45, 2.75) is 6.18 Å². The molecule has 0 saturated heterocycles. The minimum atomic E-state index is -4.54. The van der Waals surface area contributed by atoms with E-state index < -0.39 is 34.3 Å². The number of pyridine rings is 1. The molecule has 8 nitrogen and oxygen atoms in total. The van der Waals surface area contributed by atoms with Crippen LogP contribution in [0, 0.1) is 0 Å². The molecule has 0 saturated carbocycles. The fourth-order valence-electron chi connectivity index (χ4n) is 1.36. The van der Waals surface area contributed by atoms with Crippen LogP contribution in [0.25, 0.3) is 0 Å². The van der Waals surface area contributed by atoms with Crippen LogP contribution in [0.1, 0.15) is 5.56 Å². The molecule has 0 aliphatic heterocycles. The van der Waals surface area contributed by atoms with E-state index in [1.165, 1.54) is 0 Å². The molecule has 0 aliphatic carbocycles. The number of nitrogens with zero attached hydrogens (tertiary/aromatic N) is 1. The van der Waals surface area contributed by atoms with E-state index in [0.29, 0.717) is 6.20 Å². The highest BCUT2D eigenvalue weighted by Crippen LogP contribution is 2.32. The zero-order chi connectivity index (χ0) is 18.4. The van der Waals surface area contributed by atoms with Crippen LogP contribution in [0.4, 0.5) is 19.0 Å². The van der Waals surface area contributed by atoms with Crippen LogP contribution in [0.3, 0.4) is 0 Å². The van der Waals surface area contributed by atoms with Gasteiger partial charge < -0.3 is 10.6 Å². The van der Waals surface area contributed by atoms with Gasteiger partial charge >= 0.3 is 6.18 Å². The molecule has 0 bridgehead atoms. The van der Waals surface area contributed by atoms with Crippen molar-refractivity contribution < 1.29 is 31.2 Å². The number of alkyl halides is 3. The number of hydrogen-bond acceptors (Lipinski definition) is 6. The minimum Gasteiger partial charge on any atom is -0.367 e. The van der Waals surface area contributed by atoms with Gasteiger partial charge in [-0.2, -0.15) is 13.2 Å². The molecule has 3 N–H and O–H groups in total. The van der Waals surface area contributed by atoms with E-state index in [9.17, 15) is 26.4 Å². The lowest BCUT2D eigenvalue weighted by atomic mass is 10.3. The molecule has 0 radical (unpaired) electrons. The Morgan fingerprint density at radius 1 is 1.38 bits per heavy atom. The van der Waals surface area contributed by atoms with Gasteiger partial charge in [0.1, 0.15) is 12.4 Å². The summed E-state index contributed by atoms with van der Waals surface area (Å²) < 4.78 is 58.7. The second-order valence-corrected chi connectivity index (χ2v) is 6.59. The molecule has 1 heterocycles. The first-order valence-corrected chi connectivity index (χ1v) is 8.58. The van der Waals surface area contributed by atoms with Crippen molar-refractivity contribution >= 4 is 33.3 Å². The highest BCUT2D eigenvalue weighted by Gasteiger charge is 2.31. The predicted octanol–water partition coefficient (Wildman–Crippen LogP) is 0.763. The largest absolute Gasteiger partial charge is 0.417 e. The van der Waals surface area contributed by atoms with E-state index >= 15 is 0 Å². The normalized spacial score (nSPS) is 12.0. The summed E-state index contributed by atoms with van der Waals surface area (Å²) in [5.74, 6) is -0.562. The van der Waals surface area contributed by atoms with Gasteiger partial charge in [0.25, 0.3) is 0 Å². The molecule has 136 valence electrons. The van der Waals surface area contributed by atoms with Crippen LogP contribution < -0.4 is 15.5 Å². The maximum absolute atomic E-state index is 12.4. The van der Waals surface area contributed by atoms with E-state index in [1.54, 1.807) is 4.89 Å². The maximum Gasteiger partial charge on any atom is 0.417 e. The Balaban J connectivity index is 2.34. The highest BCUT2D eigenvalue weighted by molar-refractivity contribution is 7.88. The number of rotatable bonds is 8. The Kier molecular flexibility index (Phi) is 7.20. The first-order chi connectivity index (χ1) is 11.0. The average Bonchev–Trinajstić information content (AvgIpc) is 2.42. The summed E-state index contributed by atoms with van der Waals surface area (Å²) in [6, 6.07) is 0.736. The SMILES string of the molecule is CS(=O)(=O)NOCC(=O)NCCNc1ncc(C(F)(F)F)cc1Cl. The van der Waals surface area contributed by atoms with Crippen molar-refractivity contribution in [2.75, 3.05) is 31.3 Å². The topological polar surface area (TPSA) is 109 Å². The first kappa shape index (κ1) is 20.4. The molecule has 0 fully saturated rings. The van der Waals surface area contributed by atoms with E-state index in [-0.39, 0.29) is 23.9 Å². The Bertz CT molecular complexity index is 684. The zero-order valence-electron chi connectivity index (χ0n) is 12.3. The summed E-state index contributed by atoms with van der Waals surface area (Å²) >= 11 is 5.69. The van der Waals surface area contributed by atoms with Gasteiger partial charge in [-0.15, -0.1) is 0 Å². The van der Waals surface area contributed by atoms with Gasteiger partial charge in [0.15, 0.2) is 0 Å². The molecule has 1 aromatic heterocycles. The third-order valence-corrected chi connectivity index (χ3v) is 3.03. The maximum atomic E-state index is 12.4. The van der Waals surface area contributed by atoms with Gasteiger partial charge in [-0.25, -0.2) is 13.4 Å². The fraction of sp³-hybridized carbons (Fsp3) is 0.455. The Labute approximate surface area is 140 Å². The molecular formula is C11H14ClF3N4O4S. The molecule has 0 unspecified atom stereocenters. The van der Waals surface area contributed by atoms with E-state index in [0.717, 1.165) is 12.3 Å². The van der Waals surface area contributed by atoms with Gasteiger partial charge in [0.05, 0.1) is 16.8 Å². The third-order valence-electron chi connectivity index (χ3n) is 2.32. The smallest absolute Gasteiger partial charge is 0.367 e. The Morgan fingerprint density at radius 2 is 2.04 bits per heavy atom. The first-order valence-electron chi connectivity index (χ1n) is 6.31. The molecule has 1 amide bonds. The van der Waals surface area contributed by atoms with Crippen molar-refractivity contribution in [1.82, 2.24) is 15.2 Å². The molecule has 24 heavy (non-hydrogen) atoms. The molecule has 0 spiro atoms. The highest BCUT2D eigenvalue weighted by atomic mass is 35.5. The summed E-state index contributed by atoms with van der Waals surface area (Å²) in [7, 11) is -3.57. The number of carbonyl (C=O) groups is 1. The molecule has 0 atom stereocenters. The second-order valence-electron chi connectivity index (χ2n) is 4.47. The molecule has 0 aliphatic rings. The molecule has 1 aromatic rings. The molecular weight excluding hydrogens is 377 g/mol. The van der Waals surface area contributed by atoms with Gasteiger partial charge in [0.2, 0.25) is 15.9 Å². The molecule has 0 aromatic carbocycles. The Morgan fingerprint density at radius 3 is 2.58 bits per heavy atom. The predicted molar refractivity (Wildman–Crippen MR) is 79.7 cm³/mol. The van der Waals surface area contributed by atoms with Crippen LogP contribution in [0.5, 0.6) is 0 Å². The lowest BCUT2D eigenvalue weighted by Crippen LogP contribution is -2.35. The van der Waals surface area contributed by atoms with Crippen LogP contribution in [0.2, 0.25) is 5.02 Å². The lowest BCUT2D eigenvalue weighted by Gasteiger charge is -2.11. The minimum absolute atomic E-state index is 0.0360. The van der Waals surface area contributed by atoms with Gasteiger partial charge in [-0.3, -0.25) is 9.63 Å². The number of carbonyl (C=O) groups excluding carboxylic acids is 1. The average molecular weight is 391 g/mol. The standard InChI is InChI=1S/C11H14ClF3N4O4S/c1-24(21,22)19-23-6-9(20)16-2-3-17-10-8(12)4-7(5-18-10)11(13,14)15/h4-5,19H,2-3,6H2,1H3,(H,16,20)(H,17,18). The second kappa shape index (κ2) is 8.46. The van der Waals surface area contributed by atoms with Crippen molar-refractivity contribution in [2.24, 2.45) is 0 Å². The van der Waals surface area contributed by atoms with E-state index in [1.807, 2.05) is 0 Å². The number of anilines is 1. The van der Waals surface area contributed by atoms with Gasteiger partial charge in [-0.05, 0) is 6.07 Å². The summed E-state index contributed by atoms with van der Waals surface area (Å²) in [5, 5.41) is 4.82. The Hall–Kier alpha value is -1.63.